The quantitative estimate of drug-likeness (QED) is 0.796. The van der Waals surface area contributed by atoms with E-state index in [1.807, 2.05) is 57.2 Å². The molecule has 2 aromatic rings. The Hall–Kier alpha value is -1.45. The maximum atomic E-state index is 12.2. The number of halogens is 1. The molecule has 4 heteroatoms. The molecule has 0 aliphatic rings. The zero-order valence-electron chi connectivity index (χ0n) is 12.3. The van der Waals surface area contributed by atoms with E-state index in [0.29, 0.717) is 5.02 Å². The summed E-state index contributed by atoms with van der Waals surface area (Å²) in [5, 5.41) is 3.38. The first-order valence-electron chi connectivity index (χ1n) is 6.76. The van der Waals surface area contributed by atoms with Crippen LogP contribution in [0, 0.1) is 13.8 Å². The molecule has 0 heterocycles. The number of rotatable bonds is 4. The molecule has 0 saturated carbocycles. The maximum Gasteiger partial charge on any atom is 0.237 e. The Labute approximate surface area is 134 Å². The van der Waals surface area contributed by atoms with E-state index in [9.17, 15) is 4.79 Å². The van der Waals surface area contributed by atoms with Crippen molar-refractivity contribution in [3.05, 3.63) is 58.6 Å². The summed E-state index contributed by atoms with van der Waals surface area (Å²) in [5.74, 6) is -0.0273. The average molecular weight is 320 g/mol. The summed E-state index contributed by atoms with van der Waals surface area (Å²) < 4.78 is 0. The molecule has 0 aromatic heterocycles. The van der Waals surface area contributed by atoms with E-state index in [2.05, 4.69) is 5.32 Å². The third kappa shape index (κ3) is 4.51. The molecule has 0 fully saturated rings. The highest BCUT2D eigenvalue weighted by molar-refractivity contribution is 8.00. The number of anilines is 1. The molecule has 0 spiro atoms. The zero-order valence-corrected chi connectivity index (χ0v) is 13.9. The molecule has 1 unspecified atom stereocenters. The molecular weight excluding hydrogens is 302 g/mol. The molecule has 2 aromatic carbocycles. The standard InChI is InChI=1S/C17H18ClNOS/c1-11-4-8-15(9-5-11)21-13(3)17(20)19-14-7-6-12(2)16(18)10-14/h4-10,13H,1-3H3,(H,19,20). The minimum Gasteiger partial charge on any atom is -0.325 e. The molecule has 21 heavy (non-hydrogen) atoms. The lowest BCUT2D eigenvalue weighted by atomic mass is 10.2. The molecule has 1 N–H and O–H groups in total. The smallest absolute Gasteiger partial charge is 0.237 e. The van der Waals surface area contributed by atoms with Gasteiger partial charge in [-0.05, 0) is 50.6 Å². The molecule has 0 aliphatic heterocycles. The molecule has 0 aliphatic carbocycles. The Morgan fingerprint density at radius 2 is 1.81 bits per heavy atom. The molecule has 0 radical (unpaired) electrons. The molecule has 1 atom stereocenters. The molecule has 0 bridgehead atoms. The van der Waals surface area contributed by atoms with Gasteiger partial charge in [-0.25, -0.2) is 0 Å². The number of nitrogens with one attached hydrogen (secondary N) is 1. The molecule has 2 rings (SSSR count). The fourth-order valence-corrected chi connectivity index (χ4v) is 2.84. The summed E-state index contributed by atoms with van der Waals surface area (Å²) in [7, 11) is 0. The van der Waals surface area contributed by atoms with Gasteiger partial charge in [0, 0.05) is 15.6 Å². The van der Waals surface area contributed by atoms with E-state index in [1.165, 1.54) is 5.56 Å². The Morgan fingerprint density at radius 1 is 1.14 bits per heavy atom. The van der Waals surface area contributed by atoms with Crippen LogP contribution < -0.4 is 5.32 Å². The fourth-order valence-electron chi connectivity index (χ4n) is 1.79. The van der Waals surface area contributed by atoms with E-state index in [4.69, 9.17) is 11.6 Å². The first kappa shape index (κ1) is 15.9. The van der Waals surface area contributed by atoms with Crippen LogP contribution in [-0.2, 0) is 4.79 Å². The summed E-state index contributed by atoms with van der Waals surface area (Å²) in [6.45, 7) is 5.88. The van der Waals surface area contributed by atoms with Crippen molar-refractivity contribution in [2.45, 2.75) is 30.9 Å². The van der Waals surface area contributed by atoms with Crippen molar-refractivity contribution < 1.29 is 4.79 Å². The van der Waals surface area contributed by atoms with Gasteiger partial charge < -0.3 is 5.32 Å². The molecule has 2 nitrogen and oxygen atoms in total. The van der Waals surface area contributed by atoms with Crippen LogP contribution in [0.15, 0.2) is 47.4 Å². The third-order valence-electron chi connectivity index (χ3n) is 3.14. The lowest BCUT2D eigenvalue weighted by molar-refractivity contribution is -0.115. The Morgan fingerprint density at radius 3 is 2.43 bits per heavy atom. The van der Waals surface area contributed by atoms with Gasteiger partial charge in [0.2, 0.25) is 5.91 Å². The normalized spacial score (nSPS) is 12.0. The Bertz CT molecular complexity index is 640. The highest BCUT2D eigenvalue weighted by Crippen LogP contribution is 2.25. The van der Waals surface area contributed by atoms with Crippen LogP contribution in [0.2, 0.25) is 5.02 Å². The number of carbonyl (C=O) groups is 1. The van der Waals surface area contributed by atoms with Crippen molar-refractivity contribution in [1.82, 2.24) is 0 Å². The van der Waals surface area contributed by atoms with Crippen LogP contribution in [0.1, 0.15) is 18.1 Å². The third-order valence-corrected chi connectivity index (χ3v) is 4.66. The van der Waals surface area contributed by atoms with Crippen LogP contribution in [0.3, 0.4) is 0 Å². The predicted molar refractivity (Wildman–Crippen MR) is 91.3 cm³/mol. The number of amides is 1. The van der Waals surface area contributed by atoms with Gasteiger partial charge in [-0.1, -0.05) is 35.4 Å². The van der Waals surface area contributed by atoms with Gasteiger partial charge in [-0.15, -0.1) is 11.8 Å². The van der Waals surface area contributed by atoms with Crippen molar-refractivity contribution in [2.75, 3.05) is 5.32 Å². The summed E-state index contributed by atoms with van der Waals surface area (Å²) in [6, 6.07) is 13.7. The summed E-state index contributed by atoms with van der Waals surface area (Å²) >= 11 is 7.61. The van der Waals surface area contributed by atoms with E-state index >= 15 is 0 Å². The topological polar surface area (TPSA) is 29.1 Å². The van der Waals surface area contributed by atoms with Crippen LogP contribution in [-0.4, -0.2) is 11.2 Å². The van der Waals surface area contributed by atoms with Gasteiger partial charge in [0.1, 0.15) is 0 Å². The van der Waals surface area contributed by atoms with E-state index < -0.39 is 0 Å². The van der Waals surface area contributed by atoms with Crippen molar-refractivity contribution in [2.24, 2.45) is 0 Å². The number of carbonyl (C=O) groups excluding carboxylic acids is 1. The van der Waals surface area contributed by atoms with Crippen molar-refractivity contribution in [1.29, 1.82) is 0 Å². The monoisotopic (exact) mass is 319 g/mol. The van der Waals surface area contributed by atoms with Crippen LogP contribution in [0.25, 0.3) is 0 Å². The SMILES string of the molecule is Cc1ccc(SC(C)C(=O)Nc2ccc(C)c(Cl)c2)cc1. The van der Waals surface area contributed by atoms with E-state index in [0.717, 1.165) is 16.1 Å². The second kappa shape index (κ2) is 7.01. The van der Waals surface area contributed by atoms with Gasteiger partial charge in [-0.3, -0.25) is 4.79 Å². The molecule has 110 valence electrons. The van der Waals surface area contributed by atoms with Crippen molar-refractivity contribution >= 4 is 35.0 Å². The largest absolute Gasteiger partial charge is 0.325 e. The van der Waals surface area contributed by atoms with Crippen molar-refractivity contribution in [3.8, 4) is 0 Å². The lowest BCUT2D eigenvalue weighted by Gasteiger charge is -2.12. The van der Waals surface area contributed by atoms with Gasteiger partial charge in [0.05, 0.1) is 5.25 Å². The number of hydrogen-bond donors (Lipinski definition) is 1. The predicted octanol–water partition coefficient (Wildman–Crippen LogP) is 5.08. The molecule has 0 saturated heterocycles. The second-order valence-electron chi connectivity index (χ2n) is 5.03. The van der Waals surface area contributed by atoms with Crippen LogP contribution in [0.4, 0.5) is 5.69 Å². The number of thioether (sulfide) groups is 1. The van der Waals surface area contributed by atoms with Gasteiger partial charge in [0.15, 0.2) is 0 Å². The van der Waals surface area contributed by atoms with Crippen LogP contribution in [0.5, 0.6) is 0 Å². The summed E-state index contributed by atoms with van der Waals surface area (Å²) in [5.41, 5.74) is 2.94. The van der Waals surface area contributed by atoms with E-state index in [1.54, 1.807) is 17.8 Å². The minimum absolute atomic E-state index is 0.0273. The number of hydrogen-bond acceptors (Lipinski definition) is 2. The summed E-state index contributed by atoms with van der Waals surface area (Å²) in [4.78, 5) is 13.3. The zero-order chi connectivity index (χ0) is 15.4. The Kier molecular flexibility index (Phi) is 5.32. The summed E-state index contributed by atoms with van der Waals surface area (Å²) in [6.07, 6.45) is 0. The minimum atomic E-state index is -0.173. The van der Waals surface area contributed by atoms with Gasteiger partial charge in [-0.2, -0.15) is 0 Å². The molecular formula is C17H18ClNOS. The first-order valence-corrected chi connectivity index (χ1v) is 8.02. The molecule has 1 amide bonds. The van der Waals surface area contributed by atoms with Crippen LogP contribution >= 0.6 is 23.4 Å². The maximum absolute atomic E-state index is 12.2. The highest BCUT2D eigenvalue weighted by atomic mass is 35.5. The Balaban J connectivity index is 1.98. The van der Waals surface area contributed by atoms with Gasteiger partial charge in [0.25, 0.3) is 0 Å². The van der Waals surface area contributed by atoms with E-state index in [-0.39, 0.29) is 11.2 Å². The number of benzene rings is 2. The lowest BCUT2D eigenvalue weighted by Crippen LogP contribution is -2.22. The number of aryl methyl sites for hydroxylation is 2. The second-order valence-corrected chi connectivity index (χ2v) is 6.85. The first-order chi connectivity index (χ1) is 9.95. The fraction of sp³-hybridized carbons (Fsp3) is 0.235. The highest BCUT2D eigenvalue weighted by Gasteiger charge is 2.14. The van der Waals surface area contributed by atoms with Gasteiger partial charge >= 0.3 is 0 Å². The van der Waals surface area contributed by atoms with Crippen molar-refractivity contribution in [3.63, 3.8) is 0 Å². The average Bonchev–Trinajstić information content (AvgIpc) is 2.45.